The quantitative estimate of drug-likeness (QED) is 0.226. The number of ether oxygens (including phenoxy) is 1. The fourth-order valence-corrected chi connectivity index (χ4v) is 6.35. The second kappa shape index (κ2) is 15.7. The maximum absolute atomic E-state index is 11.9. The van der Waals surface area contributed by atoms with Crippen molar-refractivity contribution in [3.63, 3.8) is 0 Å². The van der Waals surface area contributed by atoms with E-state index in [1.807, 2.05) is 0 Å². The third-order valence-corrected chi connectivity index (χ3v) is 8.18. The Bertz CT molecular complexity index is 1060. The first kappa shape index (κ1) is 38.3. The zero-order valence-corrected chi connectivity index (χ0v) is 29.6. The molecule has 1 saturated heterocycles. The molecule has 2 N–H and O–H groups in total. The molecule has 0 bridgehead atoms. The predicted octanol–water partition coefficient (Wildman–Crippen LogP) is -14.0. The molecule has 0 aromatic carbocycles. The van der Waals surface area contributed by atoms with Gasteiger partial charge in [-0.2, -0.15) is 0 Å². The van der Waals surface area contributed by atoms with Crippen LogP contribution in [0.3, 0.4) is 0 Å². The van der Waals surface area contributed by atoms with E-state index < -0.39 is 41.3 Å². The summed E-state index contributed by atoms with van der Waals surface area (Å²) in [5.41, 5.74) is 6.54. The minimum atomic E-state index is -5.95. The Morgan fingerprint density at radius 2 is 1.73 bits per heavy atom. The molecule has 1 fully saturated rings. The molecule has 3 rings (SSSR count). The van der Waals surface area contributed by atoms with Crippen LogP contribution in [0.15, 0.2) is 12.7 Å². The Kier molecular flexibility index (Phi) is 18.2. The van der Waals surface area contributed by atoms with E-state index in [0.717, 1.165) is 0 Å². The monoisotopic (exact) mass is 579 g/mol. The maximum Gasteiger partial charge on any atom is 1.00 e. The number of aromatic nitrogens is 4. The zero-order chi connectivity index (χ0) is 21.4. The molecule has 3 heterocycles. The predicted molar refractivity (Wildman–Crippen MR) is 90.5 cm³/mol. The molecule has 15 nitrogen and oxygen atoms in total. The van der Waals surface area contributed by atoms with Gasteiger partial charge in [0.25, 0.3) is 7.82 Å². The van der Waals surface area contributed by atoms with Gasteiger partial charge in [-0.15, -0.1) is 0 Å². The molecule has 33 heavy (non-hydrogen) atoms. The van der Waals surface area contributed by atoms with Crippen molar-refractivity contribution < 1.29 is 165 Å². The molecule has 23 heteroatoms. The third kappa shape index (κ3) is 11.8. The summed E-state index contributed by atoms with van der Waals surface area (Å²) >= 11 is 4.37. The van der Waals surface area contributed by atoms with Gasteiger partial charge < -0.3 is 39.1 Å². The summed E-state index contributed by atoms with van der Waals surface area (Å²) in [6.07, 6.45) is 2.43. The van der Waals surface area contributed by atoms with Gasteiger partial charge in [-0.05, 0) is 12.8 Å². The second-order valence-electron chi connectivity index (χ2n) is 5.67. The number of hydrogen-bond acceptors (Lipinski definition) is 15. The molecule has 4 atom stereocenters. The Balaban J connectivity index is 0. The van der Waals surface area contributed by atoms with Crippen LogP contribution in [0.5, 0.6) is 0 Å². The van der Waals surface area contributed by atoms with Crippen LogP contribution in [0, 0.1) is 0 Å². The molecule has 0 aliphatic carbocycles. The van der Waals surface area contributed by atoms with E-state index in [1.54, 1.807) is 4.57 Å². The van der Waals surface area contributed by atoms with Gasteiger partial charge in [0, 0.05) is 0 Å². The molecule has 2 aromatic rings. The molecule has 2 unspecified atom stereocenters. The van der Waals surface area contributed by atoms with E-state index in [1.165, 1.54) is 12.7 Å². The molecule has 1 aliphatic heterocycles. The van der Waals surface area contributed by atoms with Crippen LogP contribution >= 0.6 is 22.4 Å². The van der Waals surface area contributed by atoms with Crippen LogP contribution in [0.2, 0.25) is 0 Å². The number of fused-ring (bicyclic) bond motifs is 1. The SMILES string of the molecule is Nc1ncnc2c1ncn2[C@@H]1CC[C@H](COP([O-])(=S)OP(=O)([O-])OP(=O)([O-])[O-])O1.[Na+].[Na+].[Na+].[Na+]. The molecular weight excluding hydrogens is 567 g/mol. The normalized spacial score (nSPS) is 21.5. The Labute approximate surface area is 281 Å². The van der Waals surface area contributed by atoms with Gasteiger partial charge in [0.1, 0.15) is 24.8 Å². The van der Waals surface area contributed by atoms with Crippen molar-refractivity contribution in [1.29, 1.82) is 0 Å². The van der Waals surface area contributed by atoms with Crippen LogP contribution in [-0.4, -0.2) is 32.2 Å². The zero-order valence-electron chi connectivity index (χ0n) is 18.1. The van der Waals surface area contributed by atoms with Crippen molar-refractivity contribution in [3.05, 3.63) is 12.7 Å². The molecule has 1 aliphatic rings. The first-order valence-electron chi connectivity index (χ1n) is 7.65. The molecule has 162 valence electrons. The maximum atomic E-state index is 11.9. The van der Waals surface area contributed by atoms with Crippen molar-refractivity contribution in [2.75, 3.05) is 12.3 Å². The minimum Gasteiger partial charge on any atom is -0.790 e. The molecule has 2 aromatic heterocycles. The first-order valence-corrected chi connectivity index (χ1v) is 13.1. The number of imidazole rings is 1. The number of anilines is 1. The van der Waals surface area contributed by atoms with E-state index in [2.05, 4.69) is 35.4 Å². The van der Waals surface area contributed by atoms with Crippen molar-refractivity contribution in [3.8, 4) is 0 Å². The van der Waals surface area contributed by atoms with Gasteiger partial charge in [-0.25, -0.2) is 15.0 Å². The van der Waals surface area contributed by atoms with Crippen LogP contribution < -0.4 is 144 Å². The number of nitrogens with zero attached hydrogens (tertiary/aromatic N) is 4. The van der Waals surface area contributed by atoms with Crippen molar-refractivity contribution >= 4 is 51.2 Å². The summed E-state index contributed by atoms with van der Waals surface area (Å²) in [6.45, 7) is -5.17. The molecule has 0 spiro atoms. The fraction of sp³-hybridized carbons (Fsp3) is 0.500. The van der Waals surface area contributed by atoms with Gasteiger partial charge in [0.05, 0.1) is 26.9 Å². The van der Waals surface area contributed by atoms with Crippen molar-refractivity contribution in [2.24, 2.45) is 0 Å². The van der Waals surface area contributed by atoms with Crippen molar-refractivity contribution in [1.82, 2.24) is 19.5 Å². The average molecular weight is 579 g/mol. The molecule has 0 saturated carbocycles. The van der Waals surface area contributed by atoms with E-state index in [4.69, 9.17) is 15.0 Å². The fourth-order valence-electron chi connectivity index (χ4n) is 2.55. The van der Waals surface area contributed by atoms with Crippen LogP contribution in [0.25, 0.3) is 11.2 Å². The summed E-state index contributed by atoms with van der Waals surface area (Å²) in [4.78, 5) is 55.9. The van der Waals surface area contributed by atoms with Crippen molar-refractivity contribution in [2.45, 2.75) is 25.2 Å². The smallest absolute Gasteiger partial charge is 0.790 e. The van der Waals surface area contributed by atoms with Crippen LogP contribution in [0.4, 0.5) is 5.82 Å². The van der Waals surface area contributed by atoms with E-state index >= 15 is 0 Å². The number of nitrogens with two attached hydrogens (primary N) is 1. The molecule has 0 radical (unpaired) electrons. The van der Waals surface area contributed by atoms with E-state index in [0.29, 0.717) is 24.0 Å². The van der Waals surface area contributed by atoms with E-state index in [9.17, 15) is 28.7 Å². The summed E-state index contributed by atoms with van der Waals surface area (Å²) in [5, 5.41) is 0. The van der Waals surface area contributed by atoms with Gasteiger partial charge in [-0.3, -0.25) is 17.8 Å². The summed E-state index contributed by atoms with van der Waals surface area (Å²) in [7, 11) is -11.7. The summed E-state index contributed by atoms with van der Waals surface area (Å²) in [5.74, 6) is 0.195. The minimum absolute atomic E-state index is 0. The molecule has 0 amide bonds. The number of hydrogen-bond donors (Lipinski definition) is 1. The Morgan fingerprint density at radius 3 is 2.33 bits per heavy atom. The Morgan fingerprint density at radius 1 is 1.09 bits per heavy atom. The first-order chi connectivity index (χ1) is 13.4. The van der Waals surface area contributed by atoms with Gasteiger partial charge >= 0.3 is 118 Å². The van der Waals surface area contributed by atoms with Crippen LogP contribution in [-0.2, 0) is 38.8 Å². The van der Waals surface area contributed by atoms with E-state index in [-0.39, 0.29) is 124 Å². The van der Waals surface area contributed by atoms with Gasteiger partial charge in [0.15, 0.2) is 11.5 Å². The number of nitrogen functional groups attached to an aromatic ring is 1. The topological polar surface area (TPSA) is 233 Å². The second-order valence-corrected chi connectivity index (χ2v) is 11.3. The van der Waals surface area contributed by atoms with Crippen LogP contribution in [0.1, 0.15) is 19.1 Å². The third-order valence-electron chi connectivity index (χ3n) is 3.60. The van der Waals surface area contributed by atoms with Gasteiger partial charge in [0.2, 0.25) is 0 Å². The molecular formula is C10H12N5Na4O10P3S. The van der Waals surface area contributed by atoms with Gasteiger partial charge in [-0.1, -0.05) is 11.8 Å². The summed E-state index contributed by atoms with van der Waals surface area (Å²) in [6, 6.07) is 0. The summed E-state index contributed by atoms with van der Waals surface area (Å²) < 4.78 is 40.7. The standard InChI is InChI=1S/C10H16N5O10P3S.4Na/c11-9-8-10(13-4-12-9)15(5-14-8)7-2-1-6(23-7)3-22-28(21,29)25-27(19,20)24-26(16,17)18;;;;/h4-7H,1-3H2,(H,19,20)(H,21,29)(H2,11,12,13)(H2,16,17,18);;;;/q;4*+1/p-4/t6-,7+,28?;;;;/m1..../s1. The average Bonchev–Trinajstić information content (AvgIpc) is 3.16. The number of rotatable bonds is 8. The largest absolute Gasteiger partial charge is 1.00 e. The number of phosphoric acid groups is 2. The Hall–Kier alpha value is 3.14.